The van der Waals surface area contributed by atoms with E-state index in [2.05, 4.69) is 25.7 Å². The summed E-state index contributed by atoms with van der Waals surface area (Å²) in [5.41, 5.74) is 1.19. The van der Waals surface area contributed by atoms with E-state index in [4.69, 9.17) is 14.2 Å². The van der Waals surface area contributed by atoms with Gasteiger partial charge < -0.3 is 24.0 Å². The van der Waals surface area contributed by atoms with Gasteiger partial charge in [0.15, 0.2) is 11.5 Å². The van der Waals surface area contributed by atoms with Crippen LogP contribution in [-0.2, 0) is 11.3 Å². The summed E-state index contributed by atoms with van der Waals surface area (Å²) in [5.74, 6) is 0.867. The van der Waals surface area contributed by atoms with Crippen LogP contribution in [0.3, 0.4) is 0 Å². The molecule has 1 aliphatic rings. The molecule has 2 aromatic rings. The molecule has 1 aliphatic heterocycles. The van der Waals surface area contributed by atoms with E-state index in [0.717, 1.165) is 18.7 Å². The summed E-state index contributed by atoms with van der Waals surface area (Å²) in [6, 6.07) is 9.44. The molecule has 2 amide bonds. The van der Waals surface area contributed by atoms with Crippen molar-refractivity contribution in [2.75, 3.05) is 60.6 Å². The Balaban J connectivity index is 1.74. The molecule has 208 valence electrons. The number of rotatable bonds is 10. The molecule has 0 aromatic heterocycles. The average molecular weight is 530 g/mol. The van der Waals surface area contributed by atoms with E-state index < -0.39 is 0 Å². The van der Waals surface area contributed by atoms with Gasteiger partial charge in [-0.05, 0) is 35.2 Å². The average Bonchev–Trinajstić information content (AvgIpc) is 2.90. The van der Waals surface area contributed by atoms with Crippen molar-refractivity contribution < 1.29 is 28.2 Å². The monoisotopic (exact) mass is 529 g/mol. The van der Waals surface area contributed by atoms with Gasteiger partial charge in [-0.1, -0.05) is 32.9 Å². The van der Waals surface area contributed by atoms with Gasteiger partial charge in [-0.3, -0.25) is 14.5 Å². The summed E-state index contributed by atoms with van der Waals surface area (Å²) in [4.78, 5) is 32.3. The highest BCUT2D eigenvalue weighted by molar-refractivity contribution is 5.95. The molecule has 2 aromatic carbocycles. The fourth-order valence-corrected chi connectivity index (χ4v) is 4.50. The molecule has 9 heteroatoms. The molecule has 1 heterocycles. The lowest BCUT2D eigenvalue weighted by molar-refractivity contribution is -0.134. The molecule has 0 spiro atoms. The minimum atomic E-state index is -0.324. The molecule has 38 heavy (non-hydrogen) atoms. The molecular formula is C29H40FN3O5. The second kappa shape index (κ2) is 13.0. The summed E-state index contributed by atoms with van der Waals surface area (Å²) >= 11 is 0. The largest absolute Gasteiger partial charge is 0.493 e. The number of halogens is 1. The number of ether oxygens (including phenoxy) is 3. The van der Waals surface area contributed by atoms with Crippen LogP contribution in [0.1, 0.15) is 43.1 Å². The standard InChI is InChI=1S/C29H40FN3O5/c1-29(2,3)19-26(34)32-14-11-31(12-15-32)13-16-33(20-21-7-9-23(30)10-8-21)28(35)22-17-24(36-4)27(38-6)25(18-22)37-5/h7-10,17-18H,11-16,19-20H2,1-6H3. The maximum absolute atomic E-state index is 13.7. The molecule has 0 atom stereocenters. The number of carbonyl (C=O) groups is 2. The minimum Gasteiger partial charge on any atom is -0.493 e. The first-order valence-corrected chi connectivity index (χ1v) is 12.9. The number of nitrogens with zero attached hydrogens (tertiary/aromatic N) is 3. The fraction of sp³-hybridized carbons (Fsp3) is 0.517. The SMILES string of the molecule is COc1cc(C(=O)N(CCN2CCN(C(=O)CC(C)(C)C)CC2)Cc2ccc(F)cc2)cc(OC)c1OC. The van der Waals surface area contributed by atoms with Crippen LogP contribution < -0.4 is 14.2 Å². The first-order chi connectivity index (χ1) is 18.0. The number of hydrogen-bond donors (Lipinski definition) is 0. The van der Waals surface area contributed by atoms with Crippen LogP contribution in [-0.4, -0.2) is 87.1 Å². The van der Waals surface area contributed by atoms with E-state index in [9.17, 15) is 14.0 Å². The normalized spacial score (nSPS) is 14.2. The van der Waals surface area contributed by atoms with E-state index in [1.807, 2.05) is 4.90 Å². The number of methoxy groups -OCH3 is 3. The van der Waals surface area contributed by atoms with Crippen molar-refractivity contribution in [2.45, 2.75) is 33.7 Å². The molecule has 1 fully saturated rings. The molecule has 0 aliphatic carbocycles. The Morgan fingerprint density at radius 3 is 2.00 bits per heavy atom. The predicted molar refractivity (Wildman–Crippen MR) is 144 cm³/mol. The first kappa shape index (κ1) is 29.2. The highest BCUT2D eigenvalue weighted by Gasteiger charge is 2.26. The van der Waals surface area contributed by atoms with Gasteiger partial charge in [0.05, 0.1) is 21.3 Å². The number of piperazine rings is 1. The molecular weight excluding hydrogens is 489 g/mol. The highest BCUT2D eigenvalue weighted by Crippen LogP contribution is 2.38. The van der Waals surface area contributed by atoms with Crippen LogP contribution >= 0.6 is 0 Å². The molecule has 0 N–H and O–H groups in total. The second-order valence-corrected chi connectivity index (χ2v) is 10.7. The van der Waals surface area contributed by atoms with Gasteiger partial charge >= 0.3 is 0 Å². The van der Waals surface area contributed by atoms with Crippen LogP contribution in [0.4, 0.5) is 4.39 Å². The fourth-order valence-electron chi connectivity index (χ4n) is 4.50. The van der Waals surface area contributed by atoms with Crippen molar-refractivity contribution in [3.63, 3.8) is 0 Å². The number of hydrogen-bond acceptors (Lipinski definition) is 6. The Hall–Kier alpha value is -3.33. The van der Waals surface area contributed by atoms with Gasteiger partial charge in [0, 0.05) is 57.8 Å². The zero-order valence-electron chi connectivity index (χ0n) is 23.4. The zero-order chi connectivity index (χ0) is 27.9. The Kier molecular flexibility index (Phi) is 9.96. The summed E-state index contributed by atoms with van der Waals surface area (Å²) in [7, 11) is 4.53. The molecule has 8 nitrogen and oxygen atoms in total. The number of amides is 2. The van der Waals surface area contributed by atoms with Crippen LogP contribution in [0.5, 0.6) is 17.2 Å². The lowest BCUT2D eigenvalue weighted by Crippen LogP contribution is -2.51. The Morgan fingerprint density at radius 2 is 1.50 bits per heavy atom. The maximum atomic E-state index is 13.7. The molecule has 0 bridgehead atoms. The van der Waals surface area contributed by atoms with E-state index in [0.29, 0.717) is 62.0 Å². The maximum Gasteiger partial charge on any atom is 0.254 e. The van der Waals surface area contributed by atoms with E-state index in [1.54, 1.807) is 29.2 Å². The minimum absolute atomic E-state index is 0.0394. The van der Waals surface area contributed by atoms with Crippen LogP contribution in [0.15, 0.2) is 36.4 Å². The Morgan fingerprint density at radius 1 is 0.921 bits per heavy atom. The molecule has 0 unspecified atom stereocenters. The van der Waals surface area contributed by atoms with E-state index in [-0.39, 0.29) is 23.0 Å². The van der Waals surface area contributed by atoms with E-state index in [1.165, 1.54) is 33.5 Å². The molecule has 0 saturated carbocycles. The Bertz CT molecular complexity index is 1070. The zero-order valence-corrected chi connectivity index (χ0v) is 23.4. The highest BCUT2D eigenvalue weighted by atomic mass is 19.1. The van der Waals surface area contributed by atoms with Crippen LogP contribution in [0.2, 0.25) is 0 Å². The third kappa shape index (κ3) is 7.84. The van der Waals surface area contributed by atoms with Crippen molar-refractivity contribution in [1.29, 1.82) is 0 Å². The van der Waals surface area contributed by atoms with Crippen molar-refractivity contribution in [2.24, 2.45) is 5.41 Å². The van der Waals surface area contributed by atoms with Gasteiger partial charge in [-0.25, -0.2) is 4.39 Å². The van der Waals surface area contributed by atoms with Gasteiger partial charge in [-0.2, -0.15) is 0 Å². The topological polar surface area (TPSA) is 71.6 Å². The predicted octanol–water partition coefficient (Wildman–Crippen LogP) is 4.07. The van der Waals surface area contributed by atoms with E-state index >= 15 is 0 Å². The van der Waals surface area contributed by atoms with Gasteiger partial charge in [0.2, 0.25) is 11.7 Å². The van der Waals surface area contributed by atoms with Crippen molar-refractivity contribution in [3.8, 4) is 17.2 Å². The molecule has 3 rings (SSSR count). The molecule has 0 radical (unpaired) electrons. The van der Waals surface area contributed by atoms with Crippen LogP contribution in [0, 0.1) is 11.2 Å². The van der Waals surface area contributed by atoms with Crippen molar-refractivity contribution >= 4 is 11.8 Å². The van der Waals surface area contributed by atoms with Gasteiger partial charge in [0.25, 0.3) is 5.91 Å². The smallest absolute Gasteiger partial charge is 0.254 e. The molecule has 1 saturated heterocycles. The summed E-state index contributed by atoms with van der Waals surface area (Å²) in [6.45, 7) is 10.5. The van der Waals surface area contributed by atoms with Crippen LogP contribution in [0.25, 0.3) is 0 Å². The second-order valence-electron chi connectivity index (χ2n) is 10.7. The summed E-state index contributed by atoms with van der Waals surface area (Å²) in [6.07, 6.45) is 0.529. The number of benzene rings is 2. The first-order valence-electron chi connectivity index (χ1n) is 12.9. The van der Waals surface area contributed by atoms with Gasteiger partial charge in [0.1, 0.15) is 5.82 Å². The van der Waals surface area contributed by atoms with Crippen molar-refractivity contribution in [1.82, 2.24) is 14.7 Å². The van der Waals surface area contributed by atoms with Crippen molar-refractivity contribution in [3.05, 3.63) is 53.3 Å². The third-order valence-electron chi connectivity index (χ3n) is 6.58. The quantitative estimate of drug-likeness (QED) is 0.462. The Labute approximate surface area is 225 Å². The summed E-state index contributed by atoms with van der Waals surface area (Å²) < 4.78 is 29.8. The van der Waals surface area contributed by atoms with Gasteiger partial charge in [-0.15, -0.1) is 0 Å². The lowest BCUT2D eigenvalue weighted by Gasteiger charge is -2.37. The summed E-state index contributed by atoms with van der Waals surface area (Å²) in [5, 5.41) is 0. The number of carbonyl (C=O) groups excluding carboxylic acids is 2. The third-order valence-corrected chi connectivity index (χ3v) is 6.58. The lowest BCUT2D eigenvalue weighted by atomic mass is 9.91.